The monoisotopic (exact) mass is 1100 g/mol. The molecule has 2 atom stereocenters. The van der Waals surface area contributed by atoms with Gasteiger partial charge < -0.3 is 0 Å². The van der Waals surface area contributed by atoms with E-state index in [4.69, 9.17) is 0 Å². The molecule has 0 fully saturated rings. The molecule has 2 heterocycles. The van der Waals surface area contributed by atoms with Gasteiger partial charge in [-0.3, -0.25) is 0 Å². The molecule has 0 saturated carbocycles. The average molecular weight is 1100 g/mol. The maximum absolute atomic E-state index is 2.62. The van der Waals surface area contributed by atoms with Crippen molar-refractivity contribution in [3.8, 4) is 55.6 Å². The van der Waals surface area contributed by atoms with Crippen molar-refractivity contribution in [2.45, 2.75) is 50.4 Å². The van der Waals surface area contributed by atoms with Crippen LogP contribution in [0.25, 0.3) is 96.0 Å². The van der Waals surface area contributed by atoms with Crippen LogP contribution in [0.2, 0.25) is 0 Å². The Labute approximate surface area is 450 Å². The van der Waals surface area contributed by atoms with Crippen LogP contribution in [-0.2, 0) is 17.3 Å². The maximum atomic E-state index is 2.62. The molecular weight excluding hydrogens is 1040 g/mol. The molecule has 12 aromatic rings. The Hall–Kier alpha value is -6.63. The van der Waals surface area contributed by atoms with Crippen molar-refractivity contribution < 1.29 is 0 Å². The first-order chi connectivity index (χ1) is 36.1. The van der Waals surface area contributed by atoms with E-state index in [1.807, 2.05) is 22.7 Å². The van der Waals surface area contributed by atoms with Gasteiger partial charge in [0.1, 0.15) is 0 Å². The number of alkyl halides is 3. The molecule has 360 valence electrons. The summed E-state index contributed by atoms with van der Waals surface area (Å²) in [5.41, 5.74) is 23.3. The van der Waals surface area contributed by atoms with Gasteiger partial charge >= 0.3 is 230 Å². The topological polar surface area (TPSA) is 0 Å². The second-order valence-corrected chi connectivity index (χ2v) is 30.2. The van der Waals surface area contributed by atoms with Crippen molar-refractivity contribution in [3.63, 3.8) is 0 Å². The van der Waals surface area contributed by atoms with E-state index in [1.165, 1.54) is 146 Å². The van der Waals surface area contributed by atoms with Crippen molar-refractivity contribution in [2.24, 2.45) is 0 Å². The normalized spacial score (nSPS) is 15.9. The van der Waals surface area contributed by atoms with Gasteiger partial charge in [0.15, 0.2) is 0 Å². The fraction of sp³-hybridized carbons (Fsp3) is 0.155. The summed E-state index contributed by atoms with van der Waals surface area (Å²) in [5.74, 6) is 0.160. The van der Waals surface area contributed by atoms with Gasteiger partial charge in [-0.2, -0.15) is 0 Å². The fourth-order valence-corrected chi connectivity index (χ4v) is 17.6. The van der Waals surface area contributed by atoms with E-state index < -0.39 is 19.8 Å². The Morgan fingerprint density at radius 1 is 0.405 bits per heavy atom. The quantitative estimate of drug-likeness (QED) is 0.0946. The summed E-state index contributed by atoms with van der Waals surface area (Å²) < 4.78 is 6.74. The van der Waals surface area contributed by atoms with E-state index in [-0.39, 0.29) is 16.7 Å². The van der Waals surface area contributed by atoms with Crippen LogP contribution in [0.4, 0.5) is 0 Å². The molecule has 0 saturated heterocycles. The van der Waals surface area contributed by atoms with Gasteiger partial charge in [0.2, 0.25) is 0 Å². The first-order valence-corrected chi connectivity index (χ1v) is 33.6. The van der Waals surface area contributed by atoms with Crippen LogP contribution in [0.15, 0.2) is 212 Å². The summed E-state index contributed by atoms with van der Waals surface area (Å²) in [5, 5.41) is 5.36. The predicted molar refractivity (Wildman–Crippen MR) is 332 cm³/mol. The molecule has 2 aliphatic rings. The molecule has 3 heteroatoms. The molecule has 0 spiro atoms. The van der Waals surface area contributed by atoms with Gasteiger partial charge in [0.25, 0.3) is 0 Å². The Bertz CT molecular complexity index is 4170. The zero-order valence-electron chi connectivity index (χ0n) is 42.6. The number of halogens is 1. The summed E-state index contributed by atoms with van der Waals surface area (Å²) in [6.07, 6.45) is 2.09. The zero-order chi connectivity index (χ0) is 49.9. The molecule has 0 nitrogen and oxygen atoms in total. The third-order valence-corrected chi connectivity index (χ3v) is 22.1. The molecule has 74 heavy (non-hydrogen) atoms. The third-order valence-electron chi connectivity index (χ3n) is 17.0. The number of hydrogen-bond donors (Lipinski definition) is 0. The van der Waals surface area contributed by atoms with Crippen LogP contribution in [-0.4, -0.2) is 14.3 Å². The molecule has 2 aromatic heterocycles. The van der Waals surface area contributed by atoms with Gasteiger partial charge in [0.05, 0.1) is 0 Å². The molecule has 2 unspecified atom stereocenters. The van der Waals surface area contributed by atoms with Gasteiger partial charge in [0, 0.05) is 40.3 Å². The second kappa shape index (κ2) is 17.8. The van der Waals surface area contributed by atoms with Crippen LogP contribution >= 0.6 is 42.5 Å². The van der Waals surface area contributed by atoms with Crippen LogP contribution in [0.1, 0.15) is 72.1 Å². The van der Waals surface area contributed by atoms with Crippen LogP contribution < -0.4 is 0 Å². The van der Waals surface area contributed by atoms with E-state index in [0.29, 0.717) is 0 Å². The van der Waals surface area contributed by atoms with Crippen molar-refractivity contribution >= 4 is 82.8 Å². The molecule has 14 rings (SSSR count). The van der Waals surface area contributed by atoms with Crippen LogP contribution in [0.5, 0.6) is 0 Å². The molecular formula is C71H57IS2. The Kier molecular flexibility index (Phi) is 11.0. The Morgan fingerprint density at radius 2 is 0.878 bits per heavy atom. The number of thiophene rings is 2. The third kappa shape index (κ3) is 7.32. The zero-order valence-corrected chi connectivity index (χ0v) is 46.4. The van der Waals surface area contributed by atoms with E-state index >= 15 is 0 Å². The van der Waals surface area contributed by atoms with Crippen molar-refractivity contribution in [2.75, 3.05) is 14.3 Å². The number of rotatable bonds is 10. The summed E-state index contributed by atoms with van der Waals surface area (Å²) in [4.78, 5) is 5.06. The van der Waals surface area contributed by atoms with E-state index in [9.17, 15) is 0 Å². The molecule has 0 aliphatic heterocycles. The molecule has 0 amide bonds. The average Bonchev–Trinajstić information content (AvgIpc) is 4.15. The van der Waals surface area contributed by atoms with Crippen molar-refractivity contribution in [1.29, 1.82) is 0 Å². The van der Waals surface area contributed by atoms with E-state index in [2.05, 4.69) is 243 Å². The predicted octanol–water partition coefficient (Wildman–Crippen LogP) is 20.5. The van der Waals surface area contributed by atoms with Gasteiger partial charge in [-0.1, -0.05) is 121 Å². The molecule has 0 bridgehead atoms. The van der Waals surface area contributed by atoms with Crippen molar-refractivity contribution in [1.82, 2.24) is 0 Å². The van der Waals surface area contributed by atoms with E-state index in [1.54, 1.807) is 0 Å². The molecule has 0 N–H and O–H groups in total. The van der Waals surface area contributed by atoms with Crippen molar-refractivity contribution in [3.05, 3.63) is 251 Å². The SMILES string of the molecule is CI(C)CCC1(C)c2cc3c(cc2-c2c(-c4ccc(C(Cc5ccc(-c6cccc7c6sc6ccccc67)cc5)c5ccc(-c6cccc7c6sc6ccccc67)cc5)cc4)cccc21)C(C)(C)c1ccccc1-3. The molecule has 0 radical (unpaired) electrons. The Morgan fingerprint density at radius 3 is 1.49 bits per heavy atom. The number of benzene rings is 10. The first kappa shape index (κ1) is 45.9. The Balaban J connectivity index is 0.854. The molecule has 10 aromatic carbocycles. The summed E-state index contributed by atoms with van der Waals surface area (Å²) >= 11 is 2.83. The number of hydrogen-bond acceptors (Lipinski definition) is 2. The summed E-state index contributed by atoms with van der Waals surface area (Å²) in [6, 6.07) is 81.5. The van der Waals surface area contributed by atoms with Crippen LogP contribution in [0, 0.1) is 0 Å². The number of fused-ring (bicyclic) bond motifs is 12. The van der Waals surface area contributed by atoms with Gasteiger partial charge in [-0.25, -0.2) is 0 Å². The minimum atomic E-state index is -0.981. The standard InChI is InChI=1S/C71H57IS2/c1-70(2)61-23-9-6-15-53(61)59-42-64-60(43-63(59)70)67-50(18-14-24-62(67)71(64,3)39-40-72(4)5)45-31-35-48(36-32-45)58(49-37-33-47(34-38-49)52-20-13-22-57-55-17-8-11-26-66(55)74-69(52)57)41-44-27-29-46(30-28-44)51-19-12-21-56-54-16-7-10-25-65(54)73-68(51)56/h6-38,42-43,58H,39-41H2,1-5H3. The second-order valence-electron chi connectivity index (χ2n) is 21.8. The van der Waals surface area contributed by atoms with Gasteiger partial charge in [-0.15, -0.1) is 22.7 Å². The molecule has 2 aliphatic carbocycles. The van der Waals surface area contributed by atoms with E-state index in [0.717, 1.165) is 6.42 Å². The van der Waals surface area contributed by atoms with Gasteiger partial charge in [-0.05, 0) is 39.9 Å². The summed E-state index contributed by atoms with van der Waals surface area (Å²) in [6.45, 7) is 7.40. The minimum absolute atomic E-state index is 0.0429. The van der Waals surface area contributed by atoms with Crippen LogP contribution in [0.3, 0.4) is 0 Å². The fourth-order valence-electron chi connectivity index (χ4n) is 13.0. The first-order valence-electron chi connectivity index (χ1n) is 26.1. The summed E-state index contributed by atoms with van der Waals surface area (Å²) in [7, 11) is 0.